The van der Waals surface area contributed by atoms with Crippen molar-refractivity contribution in [2.24, 2.45) is 5.41 Å². The molecule has 0 amide bonds. The van der Waals surface area contributed by atoms with E-state index in [4.69, 9.17) is 0 Å². The van der Waals surface area contributed by atoms with E-state index in [-0.39, 0.29) is 0 Å². The fraction of sp³-hybridized carbons (Fsp3) is 0.667. The minimum atomic E-state index is 0.516. The fourth-order valence-electron chi connectivity index (χ4n) is 2.97. The van der Waals surface area contributed by atoms with Crippen molar-refractivity contribution in [3.63, 3.8) is 0 Å². The molecule has 0 N–H and O–H groups in total. The molecule has 0 aromatic carbocycles. The molecular weight excluding hydrogens is 288 g/mol. The standard InChI is InChI=1S/C15H23BrN2/c1-4-15(5-2)6-7-18(11-15)14-12(3)8-13(9-16)10-17-14/h8,10H,4-7,9,11H2,1-3H3. The smallest absolute Gasteiger partial charge is 0.131 e. The molecule has 0 unspecified atom stereocenters. The van der Waals surface area contributed by atoms with Crippen molar-refractivity contribution in [3.05, 3.63) is 23.4 Å². The predicted octanol–water partition coefficient (Wildman–Crippen LogP) is 4.30. The van der Waals surface area contributed by atoms with Gasteiger partial charge in [-0.25, -0.2) is 4.98 Å². The maximum absolute atomic E-state index is 4.66. The monoisotopic (exact) mass is 310 g/mol. The van der Waals surface area contributed by atoms with Crippen molar-refractivity contribution in [1.82, 2.24) is 4.98 Å². The Morgan fingerprint density at radius 2 is 2.11 bits per heavy atom. The van der Waals surface area contributed by atoms with Crippen LogP contribution in [0, 0.1) is 12.3 Å². The molecule has 1 aliphatic heterocycles. The van der Waals surface area contributed by atoms with Gasteiger partial charge in [0, 0.05) is 24.6 Å². The van der Waals surface area contributed by atoms with Gasteiger partial charge in [-0.1, -0.05) is 35.8 Å². The van der Waals surface area contributed by atoms with Crippen molar-refractivity contribution in [2.75, 3.05) is 18.0 Å². The minimum Gasteiger partial charge on any atom is -0.356 e. The summed E-state index contributed by atoms with van der Waals surface area (Å²) in [6, 6.07) is 2.25. The van der Waals surface area contributed by atoms with E-state index < -0.39 is 0 Å². The average molecular weight is 311 g/mol. The lowest BCUT2D eigenvalue weighted by Crippen LogP contribution is -2.27. The summed E-state index contributed by atoms with van der Waals surface area (Å²) in [5.74, 6) is 1.18. The van der Waals surface area contributed by atoms with Crippen LogP contribution in [0.2, 0.25) is 0 Å². The maximum atomic E-state index is 4.66. The number of pyridine rings is 1. The van der Waals surface area contributed by atoms with Gasteiger partial charge in [0.25, 0.3) is 0 Å². The molecule has 3 heteroatoms. The highest BCUT2D eigenvalue weighted by molar-refractivity contribution is 9.08. The van der Waals surface area contributed by atoms with Crippen LogP contribution in [0.1, 0.15) is 44.2 Å². The van der Waals surface area contributed by atoms with E-state index >= 15 is 0 Å². The van der Waals surface area contributed by atoms with Crippen LogP contribution in [-0.2, 0) is 5.33 Å². The summed E-state index contributed by atoms with van der Waals surface area (Å²) in [7, 11) is 0. The Bertz CT molecular complexity index is 413. The molecule has 100 valence electrons. The average Bonchev–Trinajstić information content (AvgIpc) is 2.83. The fourth-order valence-corrected chi connectivity index (χ4v) is 3.28. The third kappa shape index (κ3) is 2.56. The zero-order valence-corrected chi connectivity index (χ0v) is 13.3. The van der Waals surface area contributed by atoms with Crippen LogP contribution in [0.25, 0.3) is 0 Å². The molecule has 0 spiro atoms. The Morgan fingerprint density at radius 1 is 1.39 bits per heavy atom. The first-order chi connectivity index (χ1) is 8.64. The zero-order chi connectivity index (χ0) is 13.2. The van der Waals surface area contributed by atoms with Crippen LogP contribution < -0.4 is 4.90 Å². The molecule has 1 aromatic rings. The third-order valence-electron chi connectivity index (χ3n) is 4.50. The van der Waals surface area contributed by atoms with Crippen molar-refractivity contribution in [1.29, 1.82) is 0 Å². The molecule has 1 aliphatic rings. The largest absolute Gasteiger partial charge is 0.356 e. The van der Waals surface area contributed by atoms with Gasteiger partial charge in [-0.2, -0.15) is 0 Å². The molecule has 0 atom stereocenters. The Morgan fingerprint density at radius 3 is 2.61 bits per heavy atom. The van der Waals surface area contributed by atoms with Gasteiger partial charge in [0.05, 0.1) is 0 Å². The van der Waals surface area contributed by atoms with Crippen LogP contribution >= 0.6 is 15.9 Å². The number of alkyl halides is 1. The molecule has 0 bridgehead atoms. The molecular formula is C15H23BrN2. The van der Waals surface area contributed by atoms with Gasteiger partial charge in [-0.05, 0) is 42.7 Å². The number of aryl methyl sites for hydroxylation is 1. The third-order valence-corrected chi connectivity index (χ3v) is 5.15. The quantitative estimate of drug-likeness (QED) is 0.771. The van der Waals surface area contributed by atoms with E-state index in [1.807, 2.05) is 6.20 Å². The summed E-state index contributed by atoms with van der Waals surface area (Å²) in [4.78, 5) is 7.13. The lowest BCUT2D eigenvalue weighted by molar-refractivity contribution is 0.301. The Labute approximate surface area is 119 Å². The Kier molecular flexibility index (Phi) is 4.31. The predicted molar refractivity (Wildman–Crippen MR) is 81.5 cm³/mol. The highest BCUT2D eigenvalue weighted by Crippen LogP contribution is 2.39. The van der Waals surface area contributed by atoms with E-state index in [2.05, 4.69) is 52.7 Å². The van der Waals surface area contributed by atoms with Crippen LogP contribution in [0.4, 0.5) is 5.82 Å². The van der Waals surface area contributed by atoms with Crippen LogP contribution in [0.3, 0.4) is 0 Å². The molecule has 2 heterocycles. The van der Waals surface area contributed by atoms with E-state index in [1.165, 1.54) is 42.8 Å². The summed E-state index contributed by atoms with van der Waals surface area (Å²) < 4.78 is 0. The minimum absolute atomic E-state index is 0.516. The number of anilines is 1. The summed E-state index contributed by atoms with van der Waals surface area (Å²) >= 11 is 3.49. The first-order valence-corrected chi connectivity index (χ1v) is 8.02. The topological polar surface area (TPSA) is 16.1 Å². The van der Waals surface area contributed by atoms with E-state index in [0.29, 0.717) is 5.41 Å². The van der Waals surface area contributed by atoms with Gasteiger partial charge in [0.15, 0.2) is 0 Å². The highest BCUT2D eigenvalue weighted by Gasteiger charge is 2.35. The SMILES string of the molecule is CCC1(CC)CCN(c2ncc(CBr)cc2C)C1. The van der Waals surface area contributed by atoms with Crippen LogP contribution in [-0.4, -0.2) is 18.1 Å². The lowest BCUT2D eigenvalue weighted by Gasteiger charge is -2.27. The van der Waals surface area contributed by atoms with Crippen LogP contribution in [0.5, 0.6) is 0 Å². The van der Waals surface area contributed by atoms with Gasteiger partial charge < -0.3 is 4.90 Å². The zero-order valence-electron chi connectivity index (χ0n) is 11.7. The van der Waals surface area contributed by atoms with E-state index in [1.54, 1.807) is 0 Å². The summed E-state index contributed by atoms with van der Waals surface area (Å²) in [5, 5.41) is 0.884. The number of halogens is 1. The van der Waals surface area contributed by atoms with Crippen molar-refractivity contribution in [2.45, 2.75) is 45.4 Å². The first-order valence-electron chi connectivity index (χ1n) is 6.90. The second kappa shape index (κ2) is 5.60. The van der Waals surface area contributed by atoms with Gasteiger partial charge in [0.2, 0.25) is 0 Å². The number of aromatic nitrogens is 1. The Balaban J connectivity index is 2.19. The summed E-state index contributed by atoms with van der Waals surface area (Å²) in [6.07, 6.45) is 5.85. The summed E-state index contributed by atoms with van der Waals surface area (Å²) in [6.45, 7) is 9.14. The number of rotatable bonds is 4. The lowest BCUT2D eigenvalue weighted by atomic mass is 9.82. The Hall–Kier alpha value is -0.570. The maximum Gasteiger partial charge on any atom is 0.131 e. The number of nitrogens with zero attached hydrogens (tertiary/aromatic N) is 2. The molecule has 0 saturated carbocycles. The molecule has 18 heavy (non-hydrogen) atoms. The molecule has 0 aliphatic carbocycles. The van der Waals surface area contributed by atoms with Gasteiger partial charge in [0.1, 0.15) is 5.82 Å². The second-order valence-electron chi connectivity index (χ2n) is 5.50. The van der Waals surface area contributed by atoms with Crippen molar-refractivity contribution < 1.29 is 0 Å². The van der Waals surface area contributed by atoms with Gasteiger partial charge in [-0.15, -0.1) is 0 Å². The molecule has 1 saturated heterocycles. The van der Waals surface area contributed by atoms with Crippen molar-refractivity contribution in [3.8, 4) is 0 Å². The molecule has 1 fully saturated rings. The van der Waals surface area contributed by atoms with Crippen LogP contribution in [0.15, 0.2) is 12.3 Å². The van der Waals surface area contributed by atoms with Crippen molar-refractivity contribution >= 4 is 21.7 Å². The van der Waals surface area contributed by atoms with E-state index in [9.17, 15) is 0 Å². The van der Waals surface area contributed by atoms with E-state index in [0.717, 1.165) is 11.9 Å². The van der Waals surface area contributed by atoms with Gasteiger partial charge >= 0.3 is 0 Å². The first kappa shape index (κ1) is 13.9. The van der Waals surface area contributed by atoms with Gasteiger partial charge in [-0.3, -0.25) is 0 Å². The highest BCUT2D eigenvalue weighted by atomic mass is 79.9. The number of hydrogen-bond acceptors (Lipinski definition) is 2. The normalized spacial score (nSPS) is 18.3. The molecule has 1 aromatic heterocycles. The number of hydrogen-bond donors (Lipinski definition) is 0. The second-order valence-corrected chi connectivity index (χ2v) is 6.06. The molecule has 0 radical (unpaired) electrons. The molecule has 2 rings (SSSR count). The summed E-state index contributed by atoms with van der Waals surface area (Å²) in [5.41, 5.74) is 3.07. The molecule has 2 nitrogen and oxygen atoms in total.